The van der Waals surface area contributed by atoms with Crippen molar-refractivity contribution in [3.05, 3.63) is 33.1 Å². The maximum Gasteiger partial charge on any atom is 0.330 e. The van der Waals surface area contributed by atoms with Gasteiger partial charge in [0.05, 0.1) is 17.7 Å². The first-order valence-electron chi connectivity index (χ1n) is 9.14. The lowest BCUT2D eigenvalue weighted by molar-refractivity contribution is -0.172. The van der Waals surface area contributed by atoms with Gasteiger partial charge in [-0.25, -0.2) is 9.18 Å². The molecule has 11 heteroatoms. The number of carbonyl (C=O) groups is 2. The molecule has 1 saturated carbocycles. The zero-order chi connectivity index (χ0) is 21.7. The van der Waals surface area contributed by atoms with Crippen molar-refractivity contribution in [1.82, 2.24) is 9.55 Å². The summed E-state index contributed by atoms with van der Waals surface area (Å²) in [5, 5.41) is 0. The number of aromatic amines is 1. The first kappa shape index (κ1) is 21.5. The number of esters is 2. The fourth-order valence-corrected chi connectivity index (χ4v) is 3.85. The summed E-state index contributed by atoms with van der Waals surface area (Å²) in [6, 6.07) is 1.03. The van der Waals surface area contributed by atoms with Crippen LogP contribution >= 0.6 is 11.6 Å². The molecule has 9 nitrogen and oxygen atoms in total. The molecular weight excluding hydrogens is 411 g/mol. The molecule has 1 saturated heterocycles. The molecule has 2 fully saturated rings. The van der Waals surface area contributed by atoms with Crippen LogP contribution in [0.2, 0.25) is 0 Å². The number of alkyl halides is 2. The summed E-state index contributed by atoms with van der Waals surface area (Å²) in [5.41, 5.74) is -5.23. The van der Waals surface area contributed by atoms with Crippen LogP contribution < -0.4 is 11.2 Å². The average Bonchev–Trinajstić information content (AvgIpc) is 3.08. The van der Waals surface area contributed by atoms with Crippen LogP contribution in [0.1, 0.15) is 33.9 Å². The molecule has 1 aromatic rings. The predicted molar refractivity (Wildman–Crippen MR) is 98.2 cm³/mol. The zero-order valence-electron chi connectivity index (χ0n) is 16.3. The van der Waals surface area contributed by atoms with Crippen LogP contribution in [-0.4, -0.2) is 50.8 Å². The fraction of sp³-hybridized carbons (Fsp3) is 0.667. The molecule has 2 unspecified atom stereocenters. The monoisotopic (exact) mass is 432 g/mol. The second-order valence-electron chi connectivity index (χ2n) is 7.79. The van der Waals surface area contributed by atoms with E-state index in [1.54, 1.807) is 27.7 Å². The summed E-state index contributed by atoms with van der Waals surface area (Å²) < 4.78 is 33.1. The van der Waals surface area contributed by atoms with Crippen molar-refractivity contribution < 1.29 is 28.2 Å². The Labute approximate surface area is 170 Å². The summed E-state index contributed by atoms with van der Waals surface area (Å²) in [6.45, 7) is 6.31. The molecule has 3 rings (SSSR count). The number of nitrogens with one attached hydrogen (secondary N) is 1. The lowest BCUT2D eigenvalue weighted by Crippen LogP contribution is -2.43. The molecule has 1 N–H and O–H groups in total. The highest BCUT2D eigenvalue weighted by Crippen LogP contribution is 2.67. The molecule has 29 heavy (non-hydrogen) atoms. The van der Waals surface area contributed by atoms with Gasteiger partial charge in [0.25, 0.3) is 5.56 Å². The van der Waals surface area contributed by atoms with Crippen LogP contribution in [0.15, 0.2) is 21.9 Å². The minimum atomic E-state index is -2.09. The number of aromatic nitrogens is 2. The standard InChI is InChI=1S/C18H22ClFN2O7/c1-8(2)13(24)27-15-17(7-19)18(15,29-14(25)9(3)4)11(20)12(28-17)22-6-5-10(23)21-16(22)26/h5-6,8-9,11-12,15H,7H2,1-4H3,(H,21,23,26)/t11-,12+,15?,17?,18+/m0/s1. The van der Waals surface area contributed by atoms with Crippen molar-refractivity contribution in [2.24, 2.45) is 11.8 Å². The van der Waals surface area contributed by atoms with E-state index in [4.69, 9.17) is 25.8 Å². The molecule has 1 aliphatic heterocycles. The van der Waals surface area contributed by atoms with E-state index in [1.165, 1.54) is 0 Å². The third-order valence-electron chi connectivity index (χ3n) is 5.15. The van der Waals surface area contributed by atoms with Gasteiger partial charge in [0.1, 0.15) is 0 Å². The molecular formula is C18H22ClFN2O7. The van der Waals surface area contributed by atoms with Crippen molar-refractivity contribution in [2.45, 2.75) is 57.4 Å². The van der Waals surface area contributed by atoms with Gasteiger partial charge in [-0.05, 0) is 0 Å². The van der Waals surface area contributed by atoms with Crippen molar-refractivity contribution in [3.8, 4) is 0 Å². The highest BCUT2D eigenvalue weighted by Gasteiger charge is 2.93. The summed E-state index contributed by atoms with van der Waals surface area (Å²) in [4.78, 5) is 49.8. The number of hydrogen-bond donors (Lipinski definition) is 1. The third kappa shape index (κ3) is 3.09. The highest BCUT2D eigenvalue weighted by atomic mass is 35.5. The first-order valence-corrected chi connectivity index (χ1v) is 9.68. The Morgan fingerprint density at radius 2 is 1.90 bits per heavy atom. The number of H-pyrrole nitrogens is 1. The smallest absolute Gasteiger partial charge is 0.330 e. The second-order valence-corrected chi connectivity index (χ2v) is 8.06. The number of fused-ring (bicyclic) bond motifs is 1. The van der Waals surface area contributed by atoms with Crippen LogP contribution in [0.4, 0.5) is 4.39 Å². The Balaban J connectivity index is 2.03. The second kappa shape index (κ2) is 7.24. The minimum absolute atomic E-state index is 0.358. The summed E-state index contributed by atoms with van der Waals surface area (Å²) in [5.74, 6) is -2.84. The number of halogens is 2. The largest absolute Gasteiger partial charge is 0.454 e. The van der Waals surface area contributed by atoms with Gasteiger partial charge in [-0.2, -0.15) is 0 Å². The Morgan fingerprint density at radius 1 is 1.28 bits per heavy atom. The van der Waals surface area contributed by atoms with E-state index < -0.39 is 64.7 Å². The number of hydrogen-bond acceptors (Lipinski definition) is 7. The summed E-state index contributed by atoms with van der Waals surface area (Å²) >= 11 is 6.06. The van der Waals surface area contributed by atoms with Gasteiger partial charge in [0.15, 0.2) is 24.1 Å². The molecule has 160 valence electrons. The molecule has 1 aromatic heterocycles. The molecule has 0 amide bonds. The SMILES string of the molecule is CC(C)C(=O)OC1C2(CCl)O[C@@H](n3ccc(=O)[nH]c3=O)[C@H](F)[C@@]12OC(=O)C(C)C. The minimum Gasteiger partial charge on any atom is -0.454 e. The van der Waals surface area contributed by atoms with Crippen molar-refractivity contribution in [1.29, 1.82) is 0 Å². The van der Waals surface area contributed by atoms with Crippen molar-refractivity contribution >= 4 is 23.5 Å². The normalized spacial score (nSPS) is 32.9. The number of carbonyl (C=O) groups excluding carboxylic acids is 2. The molecule has 1 aliphatic carbocycles. The quantitative estimate of drug-likeness (QED) is 0.524. The van der Waals surface area contributed by atoms with Crippen molar-refractivity contribution in [3.63, 3.8) is 0 Å². The topological polar surface area (TPSA) is 117 Å². The highest BCUT2D eigenvalue weighted by molar-refractivity contribution is 6.19. The lowest BCUT2D eigenvalue weighted by Gasteiger charge is -2.25. The zero-order valence-corrected chi connectivity index (χ0v) is 17.1. The van der Waals surface area contributed by atoms with E-state index in [1.807, 2.05) is 4.98 Å². The van der Waals surface area contributed by atoms with Gasteiger partial charge in [-0.1, -0.05) is 27.7 Å². The molecule has 2 heterocycles. The van der Waals surface area contributed by atoms with Gasteiger partial charge >= 0.3 is 17.6 Å². The van der Waals surface area contributed by atoms with Gasteiger partial charge in [-0.3, -0.25) is 23.9 Å². The van der Waals surface area contributed by atoms with Gasteiger partial charge in [-0.15, -0.1) is 11.6 Å². The van der Waals surface area contributed by atoms with Crippen LogP contribution in [0.5, 0.6) is 0 Å². The molecule has 0 bridgehead atoms. The number of rotatable bonds is 6. The van der Waals surface area contributed by atoms with Crippen LogP contribution in [0.3, 0.4) is 0 Å². The van der Waals surface area contributed by atoms with Gasteiger partial charge in [0, 0.05) is 12.3 Å². The predicted octanol–water partition coefficient (Wildman–Crippen LogP) is 0.900. The maximum atomic E-state index is 15.7. The third-order valence-corrected chi connectivity index (χ3v) is 5.55. The van der Waals surface area contributed by atoms with Crippen LogP contribution in [-0.2, 0) is 23.8 Å². The average molecular weight is 433 g/mol. The molecule has 0 aromatic carbocycles. The van der Waals surface area contributed by atoms with Crippen LogP contribution in [0.25, 0.3) is 0 Å². The molecule has 0 spiro atoms. The van der Waals surface area contributed by atoms with Gasteiger partial charge < -0.3 is 14.2 Å². The van der Waals surface area contributed by atoms with E-state index in [0.29, 0.717) is 0 Å². The molecule has 2 aliphatic rings. The molecule has 0 radical (unpaired) electrons. The summed E-state index contributed by atoms with van der Waals surface area (Å²) in [7, 11) is 0. The summed E-state index contributed by atoms with van der Waals surface area (Å²) in [6.07, 6.45) is -3.82. The van der Waals surface area contributed by atoms with E-state index >= 15 is 4.39 Å². The lowest BCUT2D eigenvalue weighted by atomic mass is 10.1. The number of nitrogens with zero attached hydrogens (tertiary/aromatic N) is 1. The van der Waals surface area contributed by atoms with E-state index in [2.05, 4.69) is 0 Å². The first-order chi connectivity index (χ1) is 13.5. The molecule has 5 atom stereocenters. The van der Waals surface area contributed by atoms with E-state index in [-0.39, 0.29) is 5.88 Å². The Morgan fingerprint density at radius 3 is 2.41 bits per heavy atom. The number of ether oxygens (including phenoxy) is 3. The van der Waals surface area contributed by atoms with E-state index in [9.17, 15) is 19.2 Å². The Kier molecular flexibility index (Phi) is 5.37. The Hall–Kier alpha value is -2.20. The fourth-order valence-electron chi connectivity index (χ4n) is 3.43. The Bertz CT molecular complexity index is 945. The van der Waals surface area contributed by atoms with E-state index in [0.717, 1.165) is 16.8 Å². The van der Waals surface area contributed by atoms with Crippen LogP contribution in [0, 0.1) is 11.8 Å². The van der Waals surface area contributed by atoms with Gasteiger partial charge in [0.2, 0.25) is 5.60 Å². The van der Waals surface area contributed by atoms with Crippen molar-refractivity contribution in [2.75, 3.05) is 5.88 Å². The maximum absolute atomic E-state index is 15.7.